The number of pyridine rings is 1. The Bertz CT molecular complexity index is 1520. The van der Waals surface area contributed by atoms with Crippen molar-refractivity contribution in [1.29, 1.82) is 5.26 Å². The minimum atomic E-state index is 0.255. The molecule has 3 nitrogen and oxygen atoms in total. The molecule has 0 fully saturated rings. The Morgan fingerprint density at radius 3 is 2.38 bits per heavy atom. The summed E-state index contributed by atoms with van der Waals surface area (Å²) in [5.74, 6) is 0.255. The van der Waals surface area contributed by atoms with E-state index in [2.05, 4.69) is 67.8 Å². The van der Waals surface area contributed by atoms with Crippen molar-refractivity contribution in [2.45, 2.75) is 26.7 Å². The first-order valence-electron chi connectivity index (χ1n) is 10.9. The number of nitrogens with zero attached hydrogens (tertiary/aromatic N) is 2. The Morgan fingerprint density at radius 1 is 0.938 bits per heavy atom. The van der Waals surface area contributed by atoms with E-state index in [0.717, 1.165) is 55.4 Å². The first-order chi connectivity index (χ1) is 15.5. The van der Waals surface area contributed by atoms with E-state index in [4.69, 9.17) is 4.42 Å². The summed E-state index contributed by atoms with van der Waals surface area (Å²) in [7, 11) is 2.05. The van der Waals surface area contributed by atoms with Gasteiger partial charge in [0, 0.05) is 28.5 Å². The van der Waals surface area contributed by atoms with Gasteiger partial charge in [0.15, 0.2) is 6.20 Å². The number of hydrogen-bond acceptors (Lipinski definition) is 2. The van der Waals surface area contributed by atoms with Gasteiger partial charge in [0.2, 0.25) is 5.69 Å². The van der Waals surface area contributed by atoms with Crippen molar-refractivity contribution in [2.75, 3.05) is 0 Å². The molecule has 0 N–H and O–H groups in total. The summed E-state index contributed by atoms with van der Waals surface area (Å²) in [5, 5.41) is 12.2. The molecule has 0 aliphatic carbocycles. The average Bonchev–Trinajstić information content (AvgIpc) is 3.18. The number of aromatic nitrogens is 1. The van der Waals surface area contributed by atoms with E-state index in [9.17, 15) is 5.26 Å². The van der Waals surface area contributed by atoms with Crippen LogP contribution in [-0.4, -0.2) is 0 Å². The second-order valence-corrected chi connectivity index (χ2v) is 8.66. The lowest BCUT2D eigenvalue weighted by Gasteiger charge is -2.12. The number of benzene rings is 3. The van der Waals surface area contributed by atoms with Crippen LogP contribution in [0, 0.1) is 18.3 Å². The van der Waals surface area contributed by atoms with Crippen LogP contribution in [0.3, 0.4) is 0 Å². The van der Waals surface area contributed by atoms with Gasteiger partial charge in [-0.2, -0.15) is 5.26 Å². The van der Waals surface area contributed by atoms with E-state index in [1.165, 1.54) is 0 Å². The molecule has 0 amide bonds. The number of furan rings is 1. The van der Waals surface area contributed by atoms with Crippen LogP contribution in [0.25, 0.3) is 44.3 Å². The third kappa shape index (κ3) is 2.99. The summed E-state index contributed by atoms with van der Waals surface area (Å²) in [5.41, 5.74) is 8.75. The van der Waals surface area contributed by atoms with Crippen LogP contribution < -0.4 is 4.57 Å². The maximum atomic E-state index is 10.3. The average molecular weight is 418 g/mol. The Morgan fingerprint density at radius 2 is 1.69 bits per heavy atom. The largest absolute Gasteiger partial charge is 0.455 e. The molecule has 156 valence electrons. The molecule has 2 aromatic heterocycles. The predicted molar refractivity (Wildman–Crippen MR) is 129 cm³/mol. The monoisotopic (exact) mass is 417 g/mol. The van der Waals surface area contributed by atoms with Gasteiger partial charge in [0.25, 0.3) is 0 Å². The summed E-state index contributed by atoms with van der Waals surface area (Å²) >= 11 is 0. The molecule has 5 aromatic rings. The summed E-state index contributed by atoms with van der Waals surface area (Å²) in [6, 6.07) is 25.2. The van der Waals surface area contributed by atoms with Crippen LogP contribution in [0.15, 0.2) is 77.3 Å². The van der Waals surface area contributed by atoms with Crippen molar-refractivity contribution in [1.82, 2.24) is 0 Å². The third-order valence-corrected chi connectivity index (χ3v) is 6.28. The molecular formula is C29H25N2O+. The van der Waals surface area contributed by atoms with E-state index < -0.39 is 0 Å². The molecular weight excluding hydrogens is 392 g/mol. The van der Waals surface area contributed by atoms with Crippen molar-refractivity contribution >= 4 is 21.9 Å². The zero-order valence-corrected chi connectivity index (χ0v) is 18.8. The molecule has 2 heterocycles. The zero-order valence-electron chi connectivity index (χ0n) is 18.8. The van der Waals surface area contributed by atoms with Crippen LogP contribution in [0.1, 0.15) is 36.5 Å². The van der Waals surface area contributed by atoms with Gasteiger partial charge in [-0.15, -0.1) is 0 Å². The highest BCUT2D eigenvalue weighted by atomic mass is 16.3. The maximum Gasteiger partial charge on any atom is 0.216 e. The quantitative estimate of drug-likeness (QED) is 0.295. The zero-order chi connectivity index (χ0) is 22.4. The lowest BCUT2D eigenvalue weighted by Crippen LogP contribution is -2.30. The SMILES string of the molecule is Cc1ccc2c(oc3c(C(C)C)cc(-c4ccccc4)c(C#N)c32)c1-c1cccc[n+]1C. The fourth-order valence-electron chi connectivity index (χ4n) is 4.63. The summed E-state index contributed by atoms with van der Waals surface area (Å²) in [6.45, 7) is 6.46. The molecule has 0 unspecified atom stereocenters. The topological polar surface area (TPSA) is 40.8 Å². The second kappa shape index (κ2) is 7.66. The molecule has 3 heteroatoms. The van der Waals surface area contributed by atoms with Crippen LogP contribution in [0.2, 0.25) is 0 Å². The molecule has 0 aliphatic heterocycles. The number of nitriles is 1. The van der Waals surface area contributed by atoms with Gasteiger partial charge in [-0.25, -0.2) is 4.57 Å². The van der Waals surface area contributed by atoms with Crippen molar-refractivity contribution in [2.24, 2.45) is 7.05 Å². The van der Waals surface area contributed by atoms with Crippen molar-refractivity contribution in [3.05, 3.63) is 89.6 Å². The Labute approximate surface area is 188 Å². The first-order valence-corrected chi connectivity index (χ1v) is 10.9. The molecule has 3 aromatic carbocycles. The number of hydrogen-bond donors (Lipinski definition) is 0. The maximum absolute atomic E-state index is 10.3. The number of aryl methyl sites for hydroxylation is 2. The van der Waals surface area contributed by atoms with Gasteiger partial charge in [0.05, 0.1) is 11.1 Å². The van der Waals surface area contributed by atoms with E-state index in [1.54, 1.807) is 0 Å². The van der Waals surface area contributed by atoms with Crippen molar-refractivity contribution < 1.29 is 8.98 Å². The van der Waals surface area contributed by atoms with Gasteiger partial charge in [0.1, 0.15) is 24.3 Å². The van der Waals surface area contributed by atoms with Crippen LogP contribution in [-0.2, 0) is 7.05 Å². The Balaban J connectivity index is 1.98. The minimum absolute atomic E-state index is 0.255. The first kappa shape index (κ1) is 20.0. The highest BCUT2D eigenvalue weighted by Gasteiger charge is 2.25. The van der Waals surface area contributed by atoms with E-state index >= 15 is 0 Å². The van der Waals surface area contributed by atoms with Crippen LogP contribution in [0.5, 0.6) is 0 Å². The Kier molecular flexibility index (Phi) is 4.79. The summed E-state index contributed by atoms with van der Waals surface area (Å²) in [6.07, 6.45) is 2.05. The highest BCUT2D eigenvalue weighted by molar-refractivity contribution is 6.14. The third-order valence-electron chi connectivity index (χ3n) is 6.28. The lowest BCUT2D eigenvalue weighted by molar-refractivity contribution is -0.660. The molecule has 0 bridgehead atoms. The van der Waals surface area contributed by atoms with Crippen LogP contribution >= 0.6 is 0 Å². The van der Waals surface area contributed by atoms with Crippen molar-refractivity contribution in [3.63, 3.8) is 0 Å². The van der Waals surface area contributed by atoms with Crippen LogP contribution in [0.4, 0.5) is 0 Å². The van der Waals surface area contributed by atoms with Gasteiger partial charge < -0.3 is 4.42 Å². The highest BCUT2D eigenvalue weighted by Crippen LogP contribution is 2.43. The smallest absolute Gasteiger partial charge is 0.216 e. The number of fused-ring (bicyclic) bond motifs is 3. The predicted octanol–water partition coefficient (Wildman–Crippen LogP) is 7.05. The molecule has 5 rings (SSSR count). The van der Waals surface area contributed by atoms with E-state index in [0.29, 0.717) is 5.56 Å². The number of rotatable bonds is 3. The van der Waals surface area contributed by atoms with Gasteiger partial charge >= 0.3 is 0 Å². The molecule has 0 atom stereocenters. The molecule has 0 aliphatic rings. The molecule has 32 heavy (non-hydrogen) atoms. The van der Waals surface area contributed by atoms with E-state index in [-0.39, 0.29) is 5.92 Å². The molecule has 0 radical (unpaired) electrons. The lowest BCUT2D eigenvalue weighted by atomic mass is 9.89. The van der Waals surface area contributed by atoms with Crippen molar-refractivity contribution in [3.8, 4) is 28.5 Å². The molecule has 0 saturated carbocycles. The second-order valence-electron chi connectivity index (χ2n) is 8.66. The summed E-state index contributed by atoms with van der Waals surface area (Å²) in [4.78, 5) is 0. The molecule has 0 spiro atoms. The normalized spacial score (nSPS) is 11.4. The van der Waals surface area contributed by atoms with Gasteiger partial charge in [-0.05, 0) is 41.7 Å². The van der Waals surface area contributed by atoms with Gasteiger partial charge in [-0.1, -0.05) is 56.3 Å². The van der Waals surface area contributed by atoms with Gasteiger partial charge in [-0.3, -0.25) is 0 Å². The fraction of sp³-hybridized carbons (Fsp3) is 0.172. The Hall–Kier alpha value is -3.90. The standard InChI is InChI=1S/C29H25N2O/c1-18(2)22-16-23(20-10-6-5-7-11-20)24(17-30)27-21-14-13-19(3)26(28(21)32-29(22)27)25-12-8-9-15-31(25)4/h5-16,18H,1-4H3/q+1. The fourth-order valence-corrected chi connectivity index (χ4v) is 4.63. The van der Waals surface area contributed by atoms with E-state index in [1.807, 2.05) is 43.6 Å². The molecule has 0 saturated heterocycles. The summed E-state index contributed by atoms with van der Waals surface area (Å²) < 4.78 is 8.75. The minimum Gasteiger partial charge on any atom is -0.455 e.